The SMILES string of the molecule is Cc1ccc2c(c1C)NC(=O)C21NC(CCC(N)=O)C2C(=O)N(C(C)(C)C)C(=O)C21. The average Bonchev–Trinajstić information content (AvgIpc) is 3.21. The number of nitrogens with zero attached hydrogens (tertiary/aromatic N) is 1. The maximum Gasteiger partial charge on any atom is 0.250 e. The van der Waals surface area contributed by atoms with Gasteiger partial charge in [-0.1, -0.05) is 12.1 Å². The van der Waals surface area contributed by atoms with Gasteiger partial charge in [-0.15, -0.1) is 0 Å². The largest absolute Gasteiger partial charge is 0.370 e. The van der Waals surface area contributed by atoms with E-state index in [1.807, 2.05) is 26.0 Å². The van der Waals surface area contributed by atoms with Crippen LogP contribution in [-0.2, 0) is 24.7 Å². The van der Waals surface area contributed by atoms with Crippen LogP contribution in [0.15, 0.2) is 12.1 Å². The molecule has 4 amide bonds. The molecule has 0 aliphatic carbocycles. The van der Waals surface area contributed by atoms with Crippen molar-refractivity contribution in [3.05, 3.63) is 28.8 Å². The van der Waals surface area contributed by atoms with Gasteiger partial charge in [0.15, 0.2) is 0 Å². The number of carbonyl (C=O) groups excluding carboxylic acids is 4. The quantitative estimate of drug-likeness (QED) is 0.642. The van der Waals surface area contributed by atoms with Crippen LogP contribution in [0, 0.1) is 25.7 Å². The topological polar surface area (TPSA) is 122 Å². The van der Waals surface area contributed by atoms with E-state index in [0.29, 0.717) is 11.3 Å². The lowest BCUT2D eigenvalue weighted by atomic mass is 9.76. The lowest BCUT2D eigenvalue weighted by molar-refractivity contribution is -0.148. The fourth-order valence-corrected chi connectivity index (χ4v) is 5.33. The second kappa shape index (κ2) is 6.38. The highest BCUT2D eigenvalue weighted by atomic mass is 16.2. The summed E-state index contributed by atoms with van der Waals surface area (Å²) in [5.74, 6) is -3.07. The van der Waals surface area contributed by atoms with Crippen molar-refractivity contribution in [3.8, 4) is 0 Å². The number of primary amides is 1. The number of benzene rings is 1. The van der Waals surface area contributed by atoms with Gasteiger partial charge in [0.25, 0.3) is 0 Å². The first-order chi connectivity index (χ1) is 13.9. The third-order valence-electron chi connectivity index (χ3n) is 6.79. The lowest BCUT2D eigenvalue weighted by Crippen LogP contribution is -2.55. The number of likely N-dealkylation sites (tertiary alicyclic amines) is 1. The first-order valence-electron chi connectivity index (χ1n) is 10.3. The number of nitrogens with two attached hydrogens (primary N) is 1. The number of amides is 4. The molecule has 1 aromatic rings. The summed E-state index contributed by atoms with van der Waals surface area (Å²) < 4.78 is 0. The number of carbonyl (C=O) groups is 4. The molecule has 2 saturated heterocycles. The molecule has 0 saturated carbocycles. The van der Waals surface area contributed by atoms with Crippen molar-refractivity contribution in [1.82, 2.24) is 10.2 Å². The Labute approximate surface area is 175 Å². The van der Waals surface area contributed by atoms with Gasteiger partial charge in [-0.3, -0.25) is 29.4 Å². The fraction of sp³-hybridized carbons (Fsp3) is 0.545. The highest BCUT2D eigenvalue weighted by Gasteiger charge is 2.71. The van der Waals surface area contributed by atoms with E-state index in [1.165, 1.54) is 4.90 Å². The summed E-state index contributed by atoms with van der Waals surface area (Å²) in [6.07, 6.45) is 0.345. The molecule has 8 nitrogen and oxygen atoms in total. The maximum absolute atomic E-state index is 13.6. The fourth-order valence-electron chi connectivity index (χ4n) is 5.33. The molecule has 160 valence electrons. The van der Waals surface area contributed by atoms with Crippen molar-refractivity contribution in [2.75, 3.05) is 5.32 Å². The minimum absolute atomic E-state index is 0.0648. The molecule has 4 unspecified atom stereocenters. The molecule has 3 aliphatic rings. The van der Waals surface area contributed by atoms with Crippen LogP contribution in [0.1, 0.15) is 50.3 Å². The van der Waals surface area contributed by atoms with Gasteiger partial charge in [-0.2, -0.15) is 0 Å². The molecule has 3 heterocycles. The second-order valence-corrected chi connectivity index (χ2v) is 9.63. The minimum atomic E-state index is -1.34. The summed E-state index contributed by atoms with van der Waals surface area (Å²) in [7, 11) is 0. The number of imide groups is 1. The Morgan fingerprint density at radius 1 is 1.17 bits per heavy atom. The third-order valence-corrected chi connectivity index (χ3v) is 6.79. The summed E-state index contributed by atoms with van der Waals surface area (Å²) in [5, 5.41) is 6.27. The van der Waals surface area contributed by atoms with Crippen LogP contribution < -0.4 is 16.4 Å². The summed E-state index contributed by atoms with van der Waals surface area (Å²) in [6.45, 7) is 9.29. The van der Waals surface area contributed by atoms with Gasteiger partial charge in [0.05, 0.1) is 11.8 Å². The van der Waals surface area contributed by atoms with Gasteiger partial charge in [0.2, 0.25) is 23.6 Å². The summed E-state index contributed by atoms with van der Waals surface area (Å²) >= 11 is 0. The van der Waals surface area contributed by atoms with Crippen LogP contribution in [-0.4, -0.2) is 40.1 Å². The van der Waals surface area contributed by atoms with Gasteiger partial charge >= 0.3 is 0 Å². The van der Waals surface area contributed by atoms with Gasteiger partial charge in [-0.05, 0) is 52.2 Å². The van der Waals surface area contributed by atoms with Crippen molar-refractivity contribution in [2.45, 2.75) is 64.6 Å². The van der Waals surface area contributed by atoms with Crippen molar-refractivity contribution < 1.29 is 19.2 Å². The molecular weight excluding hydrogens is 384 g/mol. The van der Waals surface area contributed by atoms with E-state index in [2.05, 4.69) is 10.6 Å². The Morgan fingerprint density at radius 3 is 2.43 bits per heavy atom. The molecule has 30 heavy (non-hydrogen) atoms. The Bertz CT molecular complexity index is 996. The number of hydrogen-bond acceptors (Lipinski definition) is 5. The maximum atomic E-state index is 13.6. The van der Waals surface area contributed by atoms with Crippen LogP contribution in [0.3, 0.4) is 0 Å². The van der Waals surface area contributed by atoms with E-state index in [4.69, 9.17) is 5.73 Å². The zero-order valence-electron chi connectivity index (χ0n) is 18.0. The Morgan fingerprint density at radius 2 is 1.83 bits per heavy atom. The molecule has 1 spiro atoms. The van der Waals surface area contributed by atoms with Crippen molar-refractivity contribution >= 4 is 29.3 Å². The summed E-state index contributed by atoms with van der Waals surface area (Å²) in [5.41, 5.74) is 6.62. The van der Waals surface area contributed by atoms with Crippen LogP contribution >= 0.6 is 0 Å². The van der Waals surface area contributed by atoms with Crippen molar-refractivity contribution in [1.29, 1.82) is 0 Å². The summed E-state index contributed by atoms with van der Waals surface area (Å²) in [6, 6.07) is 3.27. The van der Waals surface area contributed by atoms with Crippen LogP contribution in [0.5, 0.6) is 0 Å². The predicted molar refractivity (Wildman–Crippen MR) is 110 cm³/mol. The van der Waals surface area contributed by atoms with Crippen molar-refractivity contribution in [3.63, 3.8) is 0 Å². The molecule has 0 radical (unpaired) electrons. The smallest absolute Gasteiger partial charge is 0.250 e. The monoisotopic (exact) mass is 412 g/mol. The first kappa shape index (κ1) is 20.5. The molecule has 8 heteroatoms. The molecule has 2 fully saturated rings. The standard InChI is InChI=1S/C22H28N4O4/c1-10-6-7-12-17(11(10)2)24-20(30)22(12)16-15(13(25-22)8-9-14(23)27)18(28)26(19(16)29)21(3,4)5/h6-7,13,15-16,25H,8-9H2,1-5H3,(H2,23,27)(H,24,30). The molecule has 4 rings (SSSR count). The van der Waals surface area contributed by atoms with Gasteiger partial charge in [-0.25, -0.2) is 0 Å². The Balaban J connectivity index is 1.89. The van der Waals surface area contributed by atoms with E-state index in [-0.39, 0.29) is 30.6 Å². The minimum Gasteiger partial charge on any atom is -0.370 e. The number of aryl methyl sites for hydroxylation is 1. The van der Waals surface area contributed by atoms with E-state index in [0.717, 1.165) is 11.1 Å². The van der Waals surface area contributed by atoms with Crippen LogP contribution in [0.4, 0.5) is 5.69 Å². The molecule has 0 bridgehead atoms. The highest BCUT2D eigenvalue weighted by Crippen LogP contribution is 2.55. The number of fused-ring (bicyclic) bond motifs is 4. The number of nitrogens with one attached hydrogen (secondary N) is 2. The Kier molecular flexibility index (Phi) is 4.36. The second-order valence-electron chi connectivity index (χ2n) is 9.63. The normalized spacial score (nSPS) is 30.1. The van der Waals surface area contributed by atoms with Crippen LogP contribution in [0.2, 0.25) is 0 Å². The van der Waals surface area contributed by atoms with Gasteiger partial charge in [0, 0.05) is 29.3 Å². The summed E-state index contributed by atoms with van der Waals surface area (Å²) in [4.78, 5) is 53.1. The average molecular weight is 412 g/mol. The third kappa shape index (κ3) is 2.56. The van der Waals surface area contributed by atoms with E-state index < -0.39 is 34.9 Å². The molecule has 0 aromatic heterocycles. The first-order valence-corrected chi connectivity index (χ1v) is 10.3. The predicted octanol–water partition coefficient (Wildman–Crippen LogP) is 1.09. The van der Waals surface area contributed by atoms with E-state index in [1.54, 1.807) is 20.8 Å². The Hall–Kier alpha value is -2.74. The molecule has 4 atom stereocenters. The van der Waals surface area contributed by atoms with Crippen molar-refractivity contribution in [2.24, 2.45) is 17.6 Å². The van der Waals surface area contributed by atoms with Gasteiger partial charge < -0.3 is 11.1 Å². The number of hydrogen-bond donors (Lipinski definition) is 3. The number of anilines is 1. The molecule has 1 aromatic carbocycles. The zero-order valence-corrected chi connectivity index (χ0v) is 18.0. The number of rotatable bonds is 3. The zero-order chi connectivity index (χ0) is 22.2. The van der Waals surface area contributed by atoms with Crippen LogP contribution in [0.25, 0.3) is 0 Å². The molecule has 4 N–H and O–H groups in total. The highest BCUT2D eigenvalue weighted by molar-refractivity contribution is 6.15. The van der Waals surface area contributed by atoms with E-state index >= 15 is 0 Å². The van der Waals surface area contributed by atoms with E-state index in [9.17, 15) is 19.2 Å². The molecular formula is C22H28N4O4. The van der Waals surface area contributed by atoms with Gasteiger partial charge in [0.1, 0.15) is 5.54 Å². The molecule has 3 aliphatic heterocycles. The lowest BCUT2D eigenvalue weighted by Gasteiger charge is -2.34.